The number of hydrogen-bond donors (Lipinski definition) is 2. The minimum Gasteiger partial charge on any atom is -0.378 e. The van der Waals surface area contributed by atoms with Crippen molar-refractivity contribution in [3.05, 3.63) is 65.2 Å². The summed E-state index contributed by atoms with van der Waals surface area (Å²) in [5.74, 6) is 2.86. The highest BCUT2D eigenvalue weighted by molar-refractivity contribution is 5.95. The van der Waals surface area contributed by atoms with Crippen LogP contribution in [0.5, 0.6) is 0 Å². The minimum absolute atomic E-state index is 0.0682. The molecule has 0 radical (unpaired) electrons. The van der Waals surface area contributed by atoms with Gasteiger partial charge in [-0.3, -0.25) is 4.79 Å². The SMILES string of the molecule is CCC[C@H](C)NC(=O)c1ccc2c(c1)[C@@H]1[C@H]3CC[C@@H](C3)[C@H]1[C@@H](c1ccccc1)N2. The highest BCUT2D eigenvalue weighted by atomic mass is 16.1. The molecule has 0 aromatic heterocycles. The summed E-state index contributed by atoms with van der Waals surface area (Å²) in [6, 6.07) is 17.9. The Balaban J connectivity index is 1.48. The van der Waals surface area contributed by atoms with E-state index in [0.717, 1.165) is 30.2 Å². The van der Waals surface area contributed by atoms with Crippen molar-refractivity contribution in [2.75, 3.05) is 5.32 Å². The molecule has 0 saturated heterocycles. The van der Waals surface area contributed by atoms with Gasteiger partial charge in [-0.15, -0.1) is 0 Å². The Hall–Kier alpha value is -2.29. The molecule has 2 aliphatic carbocycles. The van der Waals surface area contributed by atoms with Crippen molar-refractivity contribution in [2.24, 2.45) is 17.8 Å². The molecule has 0 spiro atoms. The van der Waals surface area contributed by atoms with E-state index in [1.807, 2.05) is 6.07 Å². The van der Waals surface area contributed by atoms with E-state index in [9.17, 15) is 4.79 Å². The average Bonchev–Trinajstić information content (AvgIpc) is 3.36. The fourth-order valence-electron chi connectivity index (χ4n) is 6.43. The third-order valence-electron chi connectivity index (χ3n) is 7.61. The van der Waals surface area contributed by atoms with Gasteiger partial charge in [0.1, 0.15) is 0 Å². The fraction of sp³-hybridized carbons (Fsp3) is 0.500. The van der Waals surface area contributed by atoms with Gasteiger partial charge in [0.2, 0.25) is 0 Å². The Morgan fingerprint density at radius 2 is 1.93 bits per heavy atom. The Morgan fingerprint density at radius 1 is 1.14 bits per heavy atom. The van der Waals surface area contributed by atoms with Crippen molar-refractivity contribution in [2.45, 2.75) is 64.0 Å². The van der Waals surface area contributed by atoms with Gasteiger partial charge in [0.15, 0.2) is 0 Å². The largest absolute Gasteiger partial charge is 0.378 e. The zero-order chi connectivity index (χ0) is 20.0. The zero-order valence-corrected chi connectivity index (χ0v) is 17.5. The standard InChI is InChI=1S/C26H32N2O/c1-3-7-16(2)27-26(29)20-12-13-22-21(15-20)23-18-10-11-19(14-18)24(23)25(28-22)17-8-5-4-6-9-17/h4-6,8-9,12-13,15-16,18-19,23-25,28H,3,7,10-11,14H2,1-2H3,(H,27,29)/t16-,18-,19-,23-,24+,25+/m0/s1. The second kappa shape index (κ2) is 7.51. The molecule has 1 aliphatic heterocycles. The summed E-state index contributed by atoms with van der Waals surface area (Å²) in [6.45, 7) is 4.25. The van der Waals surface area contributed by atoms with Crippen LogP contribution in [0.1, 0.15) is 79.4 Å². The van der Waals surface area contributed by atoms with Crippen molar-refractivity contribution in [1.29, 1.82) is 0 Å². The Kier molecular flexibility index (Phi) is 4.85. The highest BCUT2D eigenvalue weighted by Gasteiger charge is 2.53. The van der Waals surface area contributed by atoms with Crippen molar-refractivity contribution < 1.29 is 4.79 Å². The zero-order valence-electron chi connectivity index (χ0n) is 17.5. The smallest absolute Gasteiger partial charge is 0.251 e. The van der Waals surface area contributed by atoms with Gasteiger partial charge in [-0.1, -0.05) is 43.7 Å². The predicted molar refractivity (Wildman–Crippen MR) is 118 cm³/mol. The molecular weight excluding hydrogens is 356 g/mol. The topological polar surface area (TPSA) is 41.1 Å². The third kappa shape index (κ3) is 3.25. The number of carbonyl (C=O) groups excluding carboxylic acids is 1. The molecule has 0 unspecified atom stereocenters. The van der Waals surface area contributed by atoms with E-state index in [1.54, 1.807) is 0 Å². The number of hydrogen-bond acceptors (Lipinski definition) is 2. The minimum atomic E-state index is 0.0682. The predicted octanol–water partition coefficient (Wildman–Crippen LogP) is 5.90. The number of amides is 1. The number of nitrogens with one attached hydrogen (secondary N) is 2. The molecule has 2 N–H and O–H groups in total. The first kappa shape index (κ1) is 18.7. The van der Waals surface area contributed by atoms with Gasteiger partial charge < -0.3 is 10.6 Å². The van der Waals surface area contributed by atoms with Crippen LogP contribution in [0.3, 0.4) is 0 Å². The first-order chi connectivity index (χ1) is 14.2. The number of benzene rings is 2. The van der Waals surface area contributed by atoms with Crippen molar-refractivity contribution in [3.8, 4) is 0 Å². The number of anilines is 1. The van der Waals surface area contributed by atoms with E-state index in [2.05, 4.69) is 66.9 Å². The lowest BCUT2D eigenvalue weighted by molar-refractivity contribution is 0.0938. The van der Waals surface area contributed by atoms with Gasteiger partial charge in [-0.2, -0.15) is 0 Å². The summed E-state index contributed by atoms with van der Waals surface area (Å²) in [5.41, 5.74) is 4.82. The second-order valence-corrected chi connectivity index (χ2v) is 9.43. The molecule has 2 bridgehead atoms. The van der Waals surface area contributed by atoms with Gasteiger partial charge in [0, 0.05) is 17.3 Å². The summed E-state index contributed by atoms with van der Waals surface area (Å²) < 4.78 is 0. The van der Waals surface area contributed by atoms with E-state index >= 15 is 0 Å². The van der Waals surface area contributed by atoms with Gasteiger partial charge in [-0.05, 0) is 85.6 Å². The van der Waals surface area contributed by atoms with Crippen LogP contribution in [0.25, 0.3) is 0 Å². The molecule has 2 fully saturated rings. The number of rotatable bonds is 5. The molecule has 1 heterocycles. The van der Waals surface area contributed by atoms with Crippen LogP contribution < -0.4 is 10.6 Å². The summed E-state index contributed by atoms with van der Waals surface area (Å²) in [4.78, 5) is 12.8. The molecule has 2 aromatic rings. The maximum absolute atomic E-state index is 12.8. The van der Waals surface area contributed by atoms with Crippen LogP contribution in [0.15, 0.2) is 48.5 Å². The Bertz CT molecular complexity index is 893. The quantitative estimate of drug-likeness (QED) is 0.669. The molecule has 2 saturated carbocycles. The normalized spacial score (nSPS) is 30.2. The molecule has 2 aromatic carbocycles. The van der Waals surface area contributed by atoms with Gasteiger partial charge in [0.05, 0.1) is 6.04 Å². The van der Waals surface area contributed by atoms with Gasteiger partial charge in [-0.25, -0.2) is 0 Å². The molecule has 3 heteroatoms. The van der Waals surface area contributed by atoms with Crippen LogP contribution in [0.2, 0.25) is 0 Å². The Labute approximate surface area is 174 Å². The molecular formula is C26H32N2O. The van der Waals surface area contributed by atoms with E-state index < -0.39 is 0 Å². The lowest BCUT2D eigenvalue weighted by Gasteiger charge is -2.43. The fourth-order valence-corrected chi connectivity index (χ4v) is 6.43. The molecule has 1 amide bonds. The summed E-state index contributed by atoms with van der Waals surface area (Å²) in [5, 5.41) is 7.04. The van der Waals surface area contributed by atoms with Crippen molar-refractivity contribution in [3.63, 3.8) is 0 Å². The molecule has 3 aliphatic rings. The van der Waals surface area contributed by atoms with Gasteiger partial charge >= 0.3 is 0 Å². The molecule has 152 valence electrons. The van der Waals surface area contributed by atoms with E-state index in [4.69, 9.17) is 0 Å². The maximum atomic E-state index is 12.8. The monoisotopic (exact) mass is 388 g/mol. The average molecular weight is 389 g/mol. The third-order valence-corrected chi connectivity index (χ3v) is 7.61. The van der Waals surface area contributed by atoms with Crippen LogP contribution in [0, 0.1) is 17.8 Å². The lowest BCUT2D eigenvalue weighted by atomic mass is 9.68. The lowest BCUT2D eigenvalue weighted by Crippen LogP contribution is -2.36. The van der Waals surface area contributed by atoms with E-state index in [-0.39, 0.29) is 11.9 Å². The van der Waals surface area contributed by atoms with E-state index in [1.165, 1.54) is 36.1 Å². The first-order valence-electron chi connectivity index (χ1n) is 11.4. The van der Waals surface area contributed by atoms with Crippen LogP contribution >= 0.6 is 0 Å². The Morgan fingerprint density at radius 3 is 2.72 bits per heavy atom. The summed E-state index contributed by atoms with van der Waals surface area (Å²) in [6.07, 6.45) is 6.16. The molecule has 3 nitrogen and oxygen atoms in total. The number of carbonyl (C=O) groups is 1. The number of fused-ring (bicyclic) bond motifs is 7. The van der Waals surface area contributed by atoms with Crippen molar-refractivity contribution >= 4 is 11.6 Å². The molecule has 5 rings (SSSR count). The molecule has 6 atom stereocenters. The molecule has 29 heavy (non-hydrogen) atoms. The van der Waals surface area contributed by atoms with Crippen LogP contribution in [-0.4, -0.2) is 11.9 Å². The summed E-state index contributed by atoms with van der Waals surface area (Å²) >= 11 is 0. The van der Waals surface area contributed by atoms with Gasteiger partial charge in [0.25, 0.3) is 5.91 Å². The van der Waals surface area contributed by atoms with Crippen LogP contribution in [0.4, 0.5) is 5.69 Å². The van der Waals surface area contributed by atoms with E-state index in [0.29, 0.717) is 17.9 Å². The first-order valence-corrected chi connectivity index (χ1v) is 11.4. The summed E-state index contributed by atoms with van der Waals surface area (Å²) in [7, 11) is 0. The second-order valence-electron chi connectivity index (χ2n) is 9.43. The van der Waals surface area contributed by atoms with Crippen molar-refractivity contribution in [1.82, 2.24) is 5.32 Å². The van der Waals surface area contributed by atoms with Crippen LogP contribution in [-0.2, 0) is 0 Å². The highest BCUT2D eigenvalue weighted by Crippen LogP contribution is 2.63. The maximum Gasteiger partial charge on any atom is 0.251 e.